The summed E-state index contributed by atoms with van der Waals surface area (Å²) in [6.45, 7) is 8.02. The Morgan fingerprint density at radius 1 is 1.16 bits per heavy atom. The van der Waals surface area contributed by atoms with Crippen LogP contribution in [0.4, 0.5) is 4.79 Å². The smallest absolute Gasteiger partial charge is 0.410 e. The van der Waals surface area contributed by atoms with Crippen LogP contribution in [0.1, 0.15) is 51.2 Å². The van der Waals surface area contributed by atoms with Crippen molar-refractivity contribution in [2.75, 3.05) is 32.4 Å². The van der Waals surface area contributed by atoms with Crippen LogP contribution in [0, 0.1) is 5.92 Å². The molecule has 4 rings (SSSR count). The summed E-state index contributed by atoms with van der Waals surface area (Å²) in [4.78, 5) is 14.1. The first-order valence-corrected chi connectivity index (χ1v) is 13.3. The number of likely N-dealkylation sites (tertiary alicyclic amines) is 1. The molecule has 1 unspecified atom stereocenters. The van der Waals surface area contributed by atoms with Gasteiger partial charge in [0, 0.05) is 32.6 Å². The Morgan fingerprint density at radius 3 is 2.47 bits per heavy atom. The average molecular weight is 463 g/mol. The fourth-order valence-corrected chi connectivity index (χ4v) is 5.50. The SMILES string of the molecule is CC(C)(C)OC(=O)N1CCC(C2Cc3cc(C4=CCN(S(C)(=O)=O)CC4)ccc3O2)CC1. The number of ether oxygens (including phenoxy) is 2. The van der Waals surface area contributed by atoms with Crippen LogP contribution in [-0.2, 0) is 21.2 Å². The van der Waals surface area contributed by atoms with E-state index in [9.17, 15) is 13.2 Å². The number of rotatable bonds is 3. The van der Waals surface area contributed by atoms with Crippen molar-refractivity contribution in [2.45, 2.75) is 58.2 Å². The van der Waals surface area contributed by atoms with E-state index in [-0.39, 0.29) is 12.2 Å². The minimum absolute atomic E-state index is 0.141. The molecule has 1 saturated heterocycles. The number of amides is 1. The number of piperidine rings is 1. The van der Waals surface area contributed by atoms with Crippen LogP contribution in [0.5, 0.6) is 5.75 Å². The molecule has 3 aliphatic rings. The molecular formula is C24H34N2O5S. The zero-order valence-electron chi connectivity index (χ0n) is 19.5. The highest BCUT2D eigenvalue weighted by molar-refractivity contribution is 7.88. The lowest BCUT2D eigenvalue weighted by atomic mass is 9.88. The van der Waals surface area contributed by atoms with Gasteiger partial charge in [0.1, 0.15) is 17.5 Å². The number of nitrogens with zero attached hydrogens (tertiary/aromatic N) is 2. The van der Waals surface area contributed by atoms with E-state index < -0.39 is 15.6 Å². The van der Waals surface area contributed by atoms with E-state index in [1.165, 1.54) is 21.7 Å². The number of hydrogen-bond acceptors (Lipinski definition) is 5. The van der Waals surface area contributed by atoms with Gasteiger partial charge in [0.2, 0.25) is 10.0 Å². The molecule has 176 valence electrons. The molecule has 0 aromatic heterocycles. The molecule has 0 bridgehead atoms. The highest BCUT2D eigenvalue weighted by Gasteiger charge is 2.35. The second-order valence-corrected chi connectivity index (χ2v) is 12.1. The number of carbonyl (C=O) groups is 1. The van der Waals surface area contributed by atoms with Crippen molar-refractivity contribution in [3.8, 4) is 5.75 Å². The Kier molecular flexibility index (Phi) is 6.29. The van der Waals surface area contributed by atoms with Crippen molar-refractivity contribution in [1.29, 1.82) is 0 Å². The second kappa shape index (κ2) is 8.71. The Hall–Kier alpha value is -2.06. The van der Waals surface area contributed by atoms with Crippen LogP contribution in [0.2, 0.25) is 0 Å². The van der Waals surface area contributed by atoms with Crippen molar-refractivity contribution < 1.29 is 22.7 Å². The first-order chi connectivity index (χ1) is 15.0. The topological polar surface area (TPSA) is 76.2 Å². The van der Waals surface area contributed by atoms with E-state index in [2.05, 4.69) is 12.1 Å². The molecule has 0 radical (unpaired) electrons. The van der Waals surface area contributed by atoms with Crippen molar-refractivity contribution in [2.24, 2.45) is 5.92 Å². The molecule has 0 saturated carbocycles. The van der Waals surface area contributed by atoms with Gasteiger partial charge in [0.05, 0.1) is 6.26 Å². The molecule has 1 fully saturated rings. The maximum Gasteiger partial charge on any atom is 0.410 e. The number of benzene rings is 1. The summed E-state index contributed by atoms with van der Waals surface area (Å²) in [6, 6.07) is 6.33. The van der Waals surface area contributed by atoms with Crippen LogP contribution in [-0.4, -0.2) is 67.9 Å². The molecule has 1 atom stereocenters. The minimum atomic E-state index is -3.14. The predicted octanol–water partition coefficient (Wildman–Crippen LogP) is 3.69. The largest absolute Gasteiger partial charge is 0.490 e. The van der Waals surface area contributed by atoms with Gasteiger partial charge in [-0.25, -0.2) is 13.2 Å². The third kappa shape index (κ3) is 5.29. The fraction of sp³-hybridized carbons (Fsp3) is 0.625. The molecule has 0 spiro atoms. The quantitative estimate of drug-likeness (QED) is 0.685. The van der Waals surface area contributed by atoms with Crippen molar-refractivity contribution in [3.63, 3.8) is 0 Å². The van der Waals surface area contributed by atoms with Gasteiger partial charge < -0.3 is 14.4 Å². The summed E-state index contributed by atoms with van der Waals surface area (Å²) in [7, 11) is -3.14. The molecule has 8 heteroatoms. The Bertz CT molecular complexity index is 1000. The van der Waals surface area contributed by atoms with E-state index in [4.69, 9.17) is 9.47 Å². The van der Waals surface area contributed by atoms with Crippen LogP contribution < -0.4 is 4.74 Å². The van der Waals surface area contributed by atoms with Crippen LogP contribution in [0.25, 0.3) is 5.57 Å². The van der Waals surface area contributed by atoms with Gasteiger partial charge in [0.25, 0.3) is 0 Å². The monoisotopic (exact) mass is 462 g/mol. The molecule has 1 amide bonds. The summed E-state index contributed by atoms with van der Waals surface area (Å²) in [5, 5.41) is 0. The highest BCUT2D eigenvalue weighted by atomic mass is 32.2. The van der Waals surface area contributed by atoms with Gasteiger partial charge in [-0.15, -0.1) is 0 Å². The van der Waals surface area contributed by atoms with E-state index >= 15 is 0 Å². The van der Waals surface area contributed by atoms with E-state index in [1.54, 1.807) is 4.90 Å². The lowest BCUT2D eigenvalue weighted by Gasteiger charge is -2.35. The van der Waals surface area contributed by atoms with E-state index in [0.717, 1.165) is 37.0 Å². The van der Waals surface area contributed by atoms with Crippen LogP contribution >= 0.6 is 0 Å². The number of sulfonamides is 1. The van der Waals surface area contributed by atoms with Crippen molar-refractivity contribution in [1.82, 2.24) is 9.21 Å². The third-order valence-corrected chi connectivity index (χ3v) is 7.76. The second-order valence-electron chi connectivity index (χ2n) is 10.1. The van der Waals surface area contributed by atoms with Crippen LogP contribution in [0.15, 0.2) is 24.3 Å². The summed E-state index contributed by atoms with van der Waals surface area (Å²) < 4.78 is 36.8. The van der Waals surface area contributed by atoms with E-state index in [0.29, 0.717) is 32.1 Å². The van der Waals surface area contributed by atoms with Gasteiger partial charge in [-0.05, 0) is 74.8 Å². The number of hydrogen-bond donors (Lipinski definition) is 0. The molecule has 0 aliphatic carbocycles. The Balaban J connectivity index is 1.34. The maximum absolute atomic E-state index is 12.3. The lowest BCUT2D eigenvalue weighted by molar-refractivity contribution is 0.0123. The van der Waals surface area contributed by atoms with Crippen LogP contribution in [0.3, 0.4) is 0 Å². The Labute approximate surface area is 191 Å². The first-order valence-electron chi connectivity index (χ1n) is 11.4. The summed E-state index contributed by atoms with van der Waals surface area (Å²) >= 11 is 0. The van der Waals surface area contributed by atoms with Crippen molar-refractivity contribution in [3.05, 3.63) is 35.4 Å². The van der Waals surface area contributed by atoms with E-state index in [1.807, 2.05) is 32.9 Å². The maximum atomic E-state index is 12.3. The fourth-order valence-electron chi connectivity index (χ4n) is 4.73. The molecule has 7 nitrogen and oxygen atoms in total. The zero-order chi connectivity index (χ0) is 23.1. The highest BCUT2D eigenvalue weighted by Crippen LogP contribution is 2.37. The Morgan fingerprint density at radius 2 is 1.88 bits per heavy atom. The van der Waals surface area contributed by atoms with Gasteiger partial charge in [0.15, 0.2) is 0 Å². The van der Waals surface area contributed by atoms with Gasteiger partial charge >= 0.3 is 6.09 Å². The lowest BCUT2D eigenvalue weighted by Crippen LogP contribution is -2.44. The number of fused-ring (bicyclic) bond motifs is 1. The van der Waals surface area contributed by atoms with Crippen molar-refractivity contribution >= 4 is 21.7 Å². The first kappa shape index (κ1) is 23.1. The zero-order valence-corrected chi connectivity index (χ0v) is 20.3. The van der Waals surface area contributed by atoms with Gasteiger partial charge in [-0.1, -0.05) is 12.1 Å². The normalized spacial score (nSPS) is 22.8. The molecule has 1 aromatic carbocycles. The predicted molar refractivity (Wildman–Crippen MR) is 124 cm³/mol. The standard InChI is InChI=1S/C24H34N2O5S/c1-24(2,3)31-23(27)25-11-7-18(8-12-25)22-16-20-15-19(5-6-21(20)30-22)17-9-13-26(14-10-17)32(4,28)29/h5-6,9,15,18,22H,7-8,10-14,16H2,1-4H3. The van der Waals surface area contributed by atoms with Gasteiger partial charge in [-0.3, -0.25) is 0 Å². The number of carbonyl (C=O) groups excluding carboxylic acids is 1. The summed E-state index contributed by atoms with van der Waals surface area (Å²) in [6.07, 6.45) is 6.62. The van der Waals surface area contributed by atoms with Gasteiger partial charge in [-0.2, -0.15) is 4.31 Å². The summed E-state index contributed by atoms with van der Waals surface area (Å²) in [5.74, 6) is 1.37. The molecular weight excluding hydrogens is 428 g/mol. The molecule has 3 heterocycles. The molecule has 32 heavy (non-hydrogen) atoms. The molecule has 0 N–H and O–H groups in total. The third-order valence-electron chi connectivity index (χ3n) is 6.49. The summed E-state index contributed by atoms with van der Waals surface area (Å²) in [5.41, 5.74) is 3.09. The molecule has 3 aliphatic heterocycles. The average Bonchev–Trinajstić information content (AvgIpc) is 3.15. The minimum Gasteiger partial charge on any atom is -0.490 e. The molecule has 1 aromatic rings.